The molecule has 4 nitrogen and oxygen atoms in total. The van der Waals surface area contributed by atoms with E-state index in [-0.39, 0.29) is 16.8 Å². The van der Waals surface area contributed by atoms with Gasteiger partial charge in [-0.15, -0.1) is 0 Å². The lowest BCUT2D eigenvalue weighted by atomic mass is 9.98. The zero-order valence-corrected chi connectivity index (χ0v) is 16.7. The predicted molar refractivity (Wildman–Crippen MR) is 111 cm³/mol. The Hall–Kier alpha value is -2.92. The first kappa shape index (κ1) is 19.8. The highest BCUT2D eigenvalue weighted by atomic mass is 32.2. The maximum Gasteiger partial charge on any atom is 0.252 e. The summed E-state index contributed by atoms with van der Waals surface area (Å²) in [5, 5.41) is 2.55. The smallest absolute Gasteiger partial charge is 0.252 e. The van der Waals surface area contributed by atoms with Crippen LogP contribution in [0.25, 0.3) is 0 Å². The summed E-state index contributed by atoms with van der Waals surface area (Å²) >= 11 is 0. The van der Waals surface area contributed by atoms with Gasteiger partial charge in [-0.05, 0) is 49.2 Å². The molecule has 0 atom stereocenters. The minimum atomic E-state index is -3.36. The molecule has 0 spiro atoms. The van der Waals surface area contributed by atoms with Crippen LogP contribution in [-0.4, -0.2) is 19.6 Å². The van der Waals surface area contributed by atoms with E-state index in [2.05, 4.69) is 5.32 Å². The number of rotatable bonds is 6. The van der Waals surface area contributed by atoms with Crippen LogP contribution in [-0.2, 0) is 9.84 Å². The monoisotopic (exact) mass is 393 g/mol. The molecule has 1 N–H and O–H groups in total. The molecule has 0 saturated heterocycles. The molecule has 0 bridgehead atoms. The van der Waals surface area contributed by atoms with Crippen LogP contribution in [0.3, 0.4) is 0 Å². The van der Waals surface area contributed by atoms with Crippen molar-refractivity contribution in [3.05, 3.63) is 102 Å². The summed E-state index contributed by atoms with van der Waals surface area (Å²) in [4.78, 5) is 13.1. The number of carbonyl (C=O) groups excluding carboxylic acids is 1. The molecule has 0 fully saturated rings. The van der Waals surface area contributed by atoms with Crippen molar-refractivity contribution in [2.75, 3.05) is 0 Å². The molecule has 0 unspecified atom stereocenters. The van der Waals surface area contributed by atoms with Crippen molar-refractivity contribution in [2.24, 2.45) is 0 Å². The fourth-order valence-electron chi connectivity index (χ4n) is 2.93. The highest BCUT2D eigenvalue weighted by molar-refractivity contribution is 7.92. The first-order chi connectivity index (χ1) is 13.4. The third kappa shape index (κ3) is 4.31. The van der Waals surface area contributed by atoms with Gasteiger partial charge in [0, 0.05) is 5.56 Å². The van der Waals surface area contributed by atoms with Crippen LogP contribution in [0.15, 0.2) is 89.8 Å². The van der Waals surface area contributed by atoms with E-state index in [0.29, 0.717) is 5.56 Å². The SMILES string of the molecule is CC(C)S(=O)(=O)c1ccc(C(=O)NC(c2ccccc2)c2ccccc2)cc1. The van der Waals surface area contributed by atoms with Gasteiger partial charge in [0.15, 0.2) is 9.84 Å². The molecule has 1 amide bonds. The molecular formula is C23H23NO3S. The fourth-order valence-corrected chi connectivity index (χ4v) is 3.99. The molecule has 144 valence electrons. The molecular weight excluding hydrogens is 370 g/mol. The Balaban J connectivity index is 1.87. The molecule has 3 rings (SSSR count). The van der Waals surface area contributed by atoms with Crippen LogP contribution in [0.1, 0.15) is 41.4 Å². The second-order valence-electron chi connectivity index (χ2n) is 6.85. The molecule has 5 heteroatoms. The van der Waals surface area contributed by atoms with Gasteiger partial charge in [-0.2, -0.15) is 0 Å². The summed E-state index contributed by atoms with van der Waals surface area (Å²) in [6.45, 7) is 3.28. The van der Waals surface area contributed by atoms with Crippen molar-refractivity contribution in [3.63, 3.8) is 0 Å². The lowest BCUT2D eigenvalue weighted by Gasteiger charge is -2.20. The van der Waals surface area contributed by atoms with Gasteiger partial charge in [-0.1, -0.05) is 60.7 Å². The second-order valence-corrected chi connectivity index (χ2v) is 9.35. The van der Waals surface area contributed by atoms with E-state index in [1.165, 1.54) is 12.1 Å². The number of amides is 1. The van der Waals surface area contributed by atoms with Crippen molar-refractivity contribution < 1.29 is 13.2 Å². The van der Waals surface area contributed by atoms with Gasteiger partial charge in [-0.3, -0.25) is 4.79 Å². The van der Waals surface area contributed by atoms with Gasteiger partial charge in [0.25, 0.3) is 5.91 Å². The number of hydrogen-bond acceptors (Lipinski definition) is 3. The number of hydrogen-bond donors (Lipinski definition) is 1. The standard InChI is InChI=1S/C23H23NO3S/c1-17(2)28(26,27)21-15-13-20(14-16-21)23(25)24-22(18-9-5-3-6-10-18)19-11-7-4-8-12-19/h3-17,22H,1-2H3,(H,24,25). The Bertz CT molecular complexity index is 989. The summed E-state index contributed by atoms with van der Waals surface area (Å²) in [5.41, 5.74) is 2.36. The van der Waals surface area contributed by atoms with Crippen LogP contribution >= 0.6 is 0 Å². The van der Waals surface area contributed by atoms with Crippen molar-refractivity contribution in [1.82, 2.24) is 5.32 Å². The molecule has 0 aliphatic heterocycles. The Morgan fingerprint density at radius 2 is 1.21 bits per heavy atom. The molecule has 0 saturated carbocycles. The Morgan fingerprint density at radius 3 is 1.64 bits per heavy atom. The third-order valence-corrected chi connectivity index (χ3v) is 6.78. The normalized spacial score (nSPS) is 11.6. The largest absolute Gasteiger partial charge is 0.341 e. The van der Waals surface area contributed by atoms with Gasteiger partial charge < -0.3 is 5.32 Å². The summed E-state index contributed by atoms with van der Waals surface area (Å²) in [5.74, 6) is -0.258. The van der Waals surface area contributed by atoms with E-state index >= 15 is 0 Å². The second kappa shape index (κ2) is 8.40. The summed E-state index contributed by atoms with van der Waals surface area (Å²) in [7, 11) is -3.36. The minimum Gasteiger partial charge on any atom is -0.341 e. The maximum atomic E-state index is 12.8. The minimum absolute atomic E-state index is 0.224. The van der Waals surface area contributed by atoms with E-state index in [1.807, 2.05) is 60.7 Å². The average molecular weight is 394 g/mol. The highest BCUT2D eigenvalue weighted by Gasteiger charge is 2.21. The van der Waals surface area contributed by atoms with Gasteiger partial charge in [-0.25, -0.2) is 8.42 Å². The molecule has 3 aromatic carbocycles. The van der Waals surface area contributed by atoms with E-state index in [4.69, 9.17) is 0 Å². The predicted octanol–water partition coefficient (Wildman–Crippen LogP) is 4.39. The fraction of sp³-hybridized carbons (Fsp3) is 0.174. The number of sulfone groups is 1. The van der Waals surface area contributed by atoms with Crippen molar-refractivity contribution in [1.29, 1.82) is 0 Å². The molecule has 0 radical (unpaired) electrons. The van der Waals surface area contributed by atoms with E-state index < -0.39 is 15.1 Å². The van der Waals surface area contributed by atoms with Crippen LogP contribution in [0, 0.1) is 0 Å². The Labute approximate surface area is 166 Å². The average Bonchev–Trinajstić information content (AvgIpc) is 2.73. The van der Waals surface area contributed by atoms with Gasteiger partial charge in [0.2, 0.25) is 0 Å². The number of benzene rings is 3. The molecule has 0 aliphatic carbocycles. The summed E-state index contributed by atoms with van der Waals surface area (Å²) < 4.78 is 24.5. The van der Waals surface area contributed by atoms with Gasteiger partial charge >= 0.3 is 0 Å². The van der Waals surface area contributed by atoms with Crippen LogP contribution in [0.2, 0.25) is 0 Å². The Kier molecular flexibility index (Phi) is 5.95. The highest BCUT2D eigenvalue weighted by Crippen LogP contribution is 2.23. The topological polar surface area (TPSA) is 63.2 Å². The van der Waals surface area contributed by atoms with E-state index in [9.17, 15) is 13.2 Å². The lowest BCUT2D eigenvalue weighted by molar-refractivity contribution is 0.0943. The van der Waals surface area contributed by atoms with Crippen molar-refractivity contribution in [2.45, 2.75) is 30.0 Å². The zero-order chi connectivity index (χ0) is 20.1. The summed E-state index contributed by atoms with van der Waals surface area (Å²) in [6, 6.07) is 25.3. The molecule has 28 heavy (non-hydrogen) atoms. The lowest BCUT2D eigenvalue weighted by Crippen LogP contribution is -2.29. The third-order valence-electron chi connectivity index (χ3n) is 4.61. The maximum absolute atomic E-state index is 12.8. The van der Waals surface area contributed by atoms with Gasteiger partial charge in [0.05, 0.1) is 16.2 Å². The summed E-state index contributed by atoms with van der Waals surface area (Å²) in [6.07, 6.45) is 0. The first-order valence-electron chi connectivity index (χ1n) is 9.14. The van der Waals surface area contributed by atoms with E-state index in [1.54, 1.807) is 26.0 Å². The van der Waals surface area contributed by atoms with Crippen molar-refractivity contribution >= 4 is 15.7 Å². The molecule has 0 aliphatic rings. The number of carbonyl (C=O) groups is 1. The zero-order valence-electron chi connectivity index (χ0n) is 15.9. The van der Waals surface area contributed by atoms with E-state index in [0.717, 1.165) is 11.1 Å². The van der Waals surface area contributed by atoms with Crippen LogP contribution in [0.4, 0.5) is 0 Å². The van der Waals surface area contributed by atoms with Gasteiger partial charge in [0.1, 0.15) is 0 Å². The first-order valence-corrected chi connectivity index (χ1v) is 10.7. The van der Waals surface area contributed by atoms with Crippen molar-refractivity contribution in [3.8, 4) is 0 Å². The van der Waals surface area contributed by atoms with Crippen LogP contribution in [0.5, 0.6) is 0 Å². The number of nitrogens with one attached hydrogen (secondary N) is 1. The Morgan fingerprint density at radius 1 is 0.750 bits per heavy atom. The molecule has 3 aromatic rings. The molecule has 0 aromatic heterocycles. The van der Waals surface area contributed by atoms with Crippen LogP contribution < -0.4 is 5.32 Å². The quantitative estimate of drug-likeness (QED) is 0.676. The molecule has 0 heterocycles.